The molecule has 0 aromatic rings. The Bertz CT molecular complexity index is 434. The average Bonchev–Trinajstić information content (AvgIpc) is 2.37. The van der Waals surface area contributed by atoms with Crippen LogP contribution in [-0.2, 0) is 19.1 Å². The fourth-order valence-corrected chi connectivity index (χ4v) is 2.45. The molecule has 1 rings (SSSR count). The SMILES string of the molecule is CCOC(=O)C1=C(C)N(C)C(C)=C(C(=O)OCC)C1C. The van der Waals surface area contributed by atoms with Crippen molar-refractivity contribution < 1.29 is 19.1 Å². The molecule has 112 valence electrons. The minimum absolute atomic E-state index is 0.309. The number of hydrogen-bond acceptors (Lipinski definition) is 5. The first-order valence-corrected chi connectivity index (χ1v) is 6.86. The number of rotatable bonds is 4. The zero-order valence-corrected chi connectivity index (χ0v) is 13.1. The highest BCUT2D eigenvalue weighted by molar-refractivity contribution is 5.97. The third-order valence-corrected chi connectivity index (χ3v) is 3.64. The van der Waals surface area contributed by atoms with Gasteiger partial charge in [0.05, 0.1) is 24.4 Å². The maximum Gasteiger partial charge on any atom is 0.336 e. The van der Waals surface area contributed by atoms with E-state index in [-0.39, 0.29) is 17.9 Å². The molecule has 20 heavy (non-hydrogen) atoms. The number of ether oxygens (including phenoxy) is 2. The Morgan fingerprint density at radius 1 is 1.00 bits per heavy atom. The highest BCUT2D eigenvalue weighted by Gasteiger charge is 2.35. The van der Waals surface area contributed by atoms with Crippen LogP contribution in [-0.4, -0.2) is 37.1 Å². The highest BCUT2D eigenvalue weighted by Crippen LogP contribution is 2.35. The zero-order chi connectivity index (χ0) is 15.4. The monoisotopic (exact) mass is 281 g/mol. The maximum atomic E-state index is 12.1. The van der Waals surface area contributed by atoms with Gasteiger partial charge in [-0.25, -0.2) is 9.59 Å². The van der Waals surface area contributed by atoms with Crippen molar-refractivity contribution >= 4 is 11.9 Å². The van der Waals surface area contributed by atoms with Gasteiger partial charge in [-0.15, -0.1) is 0 Å². The molecule has 0 amide bonds. The number of carbonyl (C=O) groups is 2. The Morgan fingerprint density at radius 2 is 1.35 bits per heavy atom. The van der Waals surface area contributed by atoms with Gasteiger partial charge in [0.1, 0.15) is 0 Å². The molecule has 1 aliphatic heterocycles. The molecule has 5 heteroatoms. The minimum Gasteiger partial charge on any atom is -0.463 e. The van der Waals surface area contributed by atoms with Crippen molar-refractivity contribution in [1.29, 1.82) is 0 Å². The summed E-state index contributed by atoms with van der Waals surface area (Å²) in [6.07, 6.45) is 0. The van der Waals surface area contributed by atoms with Crippen LogP contribution in [0.15, 0.2) is 22.5 Å². The van der Waals surface area contributed by atoms with Gasteiger partial charge in [0.2, 0.25) is 0 Å². The molecule has 0 unspecified atom stereocenters. The summed E-state index contributed by atoms with van der Waals surface area (Å²) in [4.78, 5) is 26.1. The predicted octanol–water partition coefficient (Wildman–Crippen LogP) is 2.24. The van der Waals surface area contributed by atoms with E-state index in [0.29, 0.717) is 24.4 Å². The molecule has 0 saturated carbocycles. The molecule has 0 saturated heterocycles. The molecule has 0 aromatic carbocycles. The lowest BCUT2D eigenvalue weighted by molar-refractivity contribution is -0.140. The summed E-state index contributed by atoms with van der Waals surface area (Å²) in [5.74, 6) is -1.08. The molecule has 0 spiro atoms. The molecular formula is C15H23NO4. The van der Waals surface area contributed by atoms with Crippen LogP contribution in [0.1, 0.15) is 34.6 Å². The summed E-state index contributed by atoms with van der Waals surface area (Å²) < 4.78 is 10.2. The van der Waals surface area contributed by atoms with Gasteiger partial charge in [0.15, 0.2) is 0 Å². The normalized spacial score (nSPS) is 16.6. The Balaban J connectivity index is 3.23. The lowest BCUT2D eigenvalue weighted by atomic mass is 9.86. The lowest BCUT2D eigenvalue weighted by Crippen LogP contribution is -2.33. The summed E-state index contributed by atoms with van der Waals surface area (Å²) in [7, 11) is 1.83. The van der Waals surface area contributed by atoms with Crippen LogP contribution in [0.25, 0.3) is 0 Å². The average molecular weight is 281 g/mol. The van der Waals surface area contributed by atoms with E-state index in [2.05, 4.69) is 0 Å². The van der Waals surface area contributed by atoms with Crippen LogP contribution in [0.5, 0.6) is 0 Å². The fourth-order valence-electron chi connectivity index (χ4n) is 2.45. The number of allylic oxidation sites excluding steroid dienone is 2. The summed E-state index contributed by atoms with van der Waals surface area (Å²) in [6.45, 7) is 9.69. The second-order valence-corrected chi connectivity index (χ2v) is 4.72. The molecule has 0 fully saturated rings. The smallest absolute Gasteiger partial charge is 0.336 e. The molecule has 1 aliphatic rings. The van der Waals surface area contributed by atoms with Crippen molar-refractivity contribution in [2.24, 2.45) is 5.92 Å². The van der Waals surface area contributed by atoms with E-state index in [9.17, 15) is 9.59 Å². The van der Waals surface area contributed by atoms with E-state index in [1.165, 1.54) is 0 Å². The topological polar surface area (TPSA) is 55.8 Å². The first-order valence-electron chi connectivity index (χ1n) is 6.86. The van der Waals surface area contributed by atoms with E-state index >= 15 is 0 Å². The quantitative estimate of drug-likeness (QED) is 0.740. The van der Waals surface area contributed by atoms with Gasteiger partial charge in [0, 0.05) is 24.4 Å². The Kier molecular flexibility index (Phi) is 5.36. The van der Waals surface area contributed by atoms with Crippen molar-refractivity contribution in [2.75, 3.05) is 20.3 Å². The van der Waals surface area contributed by atoms with Gasteiger partial charge >= 0.3 is 11.9 Å². The molecular weight excluding hydrogens is 258 g/mol. The van der Waals surface area contributed by atoms with E-state index in [1.54, 1.807) is 13.8 Å². The number of carbonyl (C=O) groups excluding carboxylic acids is 2. The number of esters is 2. The second kappa shape index (κ2) is 6.59. The summed E-state index contributed by atoms with van der Waals surface area (Å²) in [6, 6.07) is 0. The Labute approximate surface area is 120 Å². The second-order valence-electron chi connectivity index (χ2n) is 4.72. The highest BCUT2D eigenvalue weighted by atomic mass is 16.5. The van der Waals surface area contributed by atoms with Gasteiger partial charge in [-0.3, -0.25) is 0 Å². The van der Waals surface area contributed by atoms with Crippen molar-refractivity contribution in [1.82, 2.24) is 4.90 Å². The summed E-state index contributed by atoms with van der Waals surface area (Å²) in [5, 5.41) is 0. The van der Waals surface area contributed by atoms with Gasteiger partial charge in [0.25, 0.3) is 0 Å². The third kappa shape index (κ3) is 2.86. The molecule has 0 bridgehead atoms. The van der Waals surface area contributed by atoms with Gasteiger partial charge in [-0.1, -0.05) is 6.92 Å². The molecule has 0 aromatic heterocycles. The van der Waals surface area contributed by atoms with Crippen molar-refractivity contribution in [3.8, 4) is 0 Å². The Morgan fingerprint density at radius 3 is 1.65 bits per heavy atom. The molecule has 0 radical (unpaired) electrons. The predicted molar refractivity (Wildman–Crippen MR) is 75.6 cm³/mol. The van der Waals surface area contributed by atoms with Gasteiger partial charge in [-0.2, -0.15) is 0 Å². The van der Waals surface area contributed by atoms with Crippen LogP contribution in [0.3, 0.4) is 0 Å². The minimum atomic E-state index is -0.376. The van der Waals surface area contributed by atoms with Crippen LogP contribution in [0, 0.1) is 5.92 Å². The molecule has 0 atom stereocenters. The molecule has 1 heterocycles. The first-order chi connectivity index (χ1) is 9.36. The van der Waals surface area contributed by atoms with Gasteiger partial charge in [-0.05, 0) is 27.7 Å². The van der Waals surface area contributed by atoms with Crippen molar-refractivity contribution in [2.45, 2.75) is 34.6 Å². The van der Waals surface area contributed by atoms with Gasteiger partial charge < -0.3 is 14.4 Å². The van der Waals surface area contributed by atoms with Crippen molar-refractivity contribution in [3.05, 3.63) is 22.5 Å². The third-order valence-electron chi connectivity index (χ3n) is 3.64. The standard InChI is InChI=1S/C15H23NO4/c1-7-19-14(17)12-9(3)13(15(18)20-8-2)11(5)16(6)10(12)4/h9H,7-8H2,1-6H3. The summed E-state index contributed by atoms with van der Waals surface area (Å²) >= 11 is 0. The number of nitrogens with zero attached hydrogens (tertiary/aromatic N) is 1. The van der Waals surface area contributed by atoms with E-state index in [0.717, 1.165) is 11.4 Å². The zero-order valence-electron chi connectivity index (χ0n) is 13.1. The van der Waals surface area contributed by atoms with Crippen LogP contribution < -0.4 is 0 Å². The molecule has 0 N–H and O–H groups in total. The van der Waals surface area contributed by atoms with Crippen molar-refractivity contribution in [3.63, 3.8) is 0 Å². The van der Waals surface area contributed by atoms with Crippen LogP contribution >= 0.6 is 0 Å². The van der Waals surface area contributed by atoms with E-state index in [4.69, 9.17) is 9.47 Å². The lowest BCUT2D eigenvalue weighted by Gasteiger charge is -2.33. The Hall–Kier alpha value is -1.78. The maximum absolute atomic E-state index is 12.1. The largest absolute Gasteiger partial charge is 0.463 e. The van der Waals surface area contributed by atoms with Crippen LogP contribution in [0.2, 0.25) is 0 Å². The van der Waals surface area contributed by atoms with Crippen LogP contribution in [0.4, 0.5) is 0 Å². The fraction of sp³-hybridized carbons (Fsp3) is 0.600. The first kappa shape index (κ1) is 16.3. The number of hydrogen-bond donors (Lipinski definition) is 0. The molecule has 0 aliphatic carbocycles. The summed E-state index contributed by atoms with van der Waals surface area (Å²) in [5.41, 5.74) is 2.65. The van der Waals surface area contributed by atoms with E-state index in [1.807, 2.05) is 32.7 Å². The molecule has 5 nitrogen and oxygen atoms in total. The van der Waals surface area contributed by atoms with E-state index < -0.39 is 0 Å².